The van der Waals surface area contributed by atoms with E-state index >= 15 is 0 Å². The van der Waals surface area contributed by atoms with Crippen molar-refractivity contribution in [3.05, 3.63) is 54.2 Å². The second-order valence-corrected chi connectivity index (χ2v) is 5.83. The van der Waals surface area contributed by atoms with Gasteiger partial charge >= 0.3 is 0 Å². The first-order valence-corrected chi connectivity index (χ1v) is 7.73. The molecular formula is C17H18F2N2O3. The maximum atomic E-state index is 14.1. The molecule has 0 saturated carbocycles. The number of nitrogens with zero attached hydrogens (tertiary/aromatic N) is 2. The van der Waals surface area contributed by atoms with E-state index in [2.05, 4.69) is 4.98 Å². The van der Waals surface area contributed by atoms with Crippen LogP contribution in [0.1, 0.15) is 22.5 Å². The van der Waals surface area contributed by atoms with Gasteiger partial charge in [-0.2, -0.15) is 0 Å². The Morgan fingerprint density at radius 1 is 1.38 bits per heavy atom. The number of benzene rings is 1. The SMILES string of the molecule is O=C(c1cnco1)N1CCC(F)(F)C(COCc2ccccc2)C1. The van der Waals surface area contributed by atoms with Gasteiger partial charge in [0.25, 0.3) is 11.8 Å². The zero-order chi connectivity index (χ0) is 17.0. The van der Waals surface area contributed by atoms with Crippen LogP contribution in [0.4, 0.5) is 8.78 Å². The van der Waals surface area contributed by atoms with Crippen LogP contribution in [-0.4, -0.2) is 41.4 Å². The number of aromatic nitrogens is 1. The number of hydrogen-bond donors (Lipinski definition) is 0. The highest BCUT2D eigenvalue weighted by Crippen LogP contribution is 2.34. The van der Waals surface area contributed by atoms with Gasteiger partial charge < -0.3 is 14.1 Å². The average molecular weight is 336 g/mol. The zero-order valence-electron chi connectivity index (χ0n) is 13.0. The van der Waals surface area contributed by atoms with Gasteiger partial charge in [0, 0.05) is 19.5 Å². The summed E-state index contributed by atoms with van der Waals surface area (Å²) in [7, 11) is 0. The summed E-state index contributed by atoms with van der Waals surface area (Å²) in [5.41, 5.74) is 0.922. The van der Waals surface area contributed by atoms with Crippen molar-refractivity contribution in [2.75, 3.05) is 19.7 Å². The largest absolute Gasteiger partial charge is 0.438 e. The smallest absolute Gasteiger partial charge is 0.291 e. The minimum Gasteiger partial charge on any atom is -0.438 e. The van der Waals surface area contributed by atoms with Gasteiger partial charge in [-0.3, -0.25) is 4.79 Å². The maximum absolute atomic E-state index is 14.1. The second kappa shape index (κ2) is 7.09. The number of ether oxygens (including phenoxy) is 1. The van der Waals surface area contributed by atoms with E-state index < -0.39 is 17.7 Å². The minimum absolute atomic E-state index is 0.0122. The van der Waals surface area contributed by atoms with Crippen molar-refractivity contribution in [1.82, 2.24) is 9.88 Å². The van der Waals surface area contributed by atoms with Gasteiger partial charge in [0.1, 0.15) is 0 Å². The van der Waals surface area contributed by atoms with Crippen molar-refractivity contribution in [1.29, 1.82) is 0 Å². The molecular weight excluding hydrogens is 318 g/mol. The molecule has 1 aromatic heterocycles. The molecule has 7 heteroatoms. The quantitative estimate of drug-likeness (QED) is 0.842. The fourth-order valence-corrected chi connectivity index (χ4v) is 2.71. The fourth-order valence-electron chi connectivity index (χ4n) is 2.71. The molecule has 0 N–H and O–H groups in total. The molecule has 1 atom stereocenters. The van der Waals surface area contributed by atoms with Crippen LogP contribution in [0, 0.1) is 5.92 Å². The number of carbonyl (C=O) groups excluding carboxylic acids is 1. The molecule has 1 aliphatic rings. The first kappa shape index (κ1) is 16.6. The summed E-state index contributed by atoms with van der Waals surface area (Å²) in [6.45, 7) is 0.0780. The Hall–Kier alpha value is -2.28. The highest BCUT2D eigenvalue weighted by atomic mass is 19.3. The third kappa shape index (κ3) is 3.79. The highest BCUT2D eigenvalue weighted by molar-refractivity contribution is 5.91. The number of piperidine rings is 1. The van der Waals surface area contributed by atoms with Crippen molar-refractivity contribution in [2.24, 2.45) is 5.92 Å². The van der Waals surface area contributed by atoms with Gasteiger partial charge in [-0.1, -0.05) is 30.3 Å². The normalized spacial score (nSPS) is 20.1. The average Bonchev–Trinajstić information content (AvgIpc) is 3.11. The van der Waals surface area contributed by atoms with Gasteiger partial charge in [-0.05, 0) is 5.56 Å². The summed E-state index contributed by atoms with van der Waals surface area (Å²) in [6.07, 6.45) is 2.05. The third-order valence-electron chi connectivity index (χ3n) is 4.11. The molecule has 24 heavy (non-hydrogen) atoms. The lowest BCUT2D eigenvalue weighted by Gasteiger charge is -2.37. The molecule has 3 rings (SSSR count). The first-order valence-electron chi connectivity index (χ1n) is 7.73. The minimum atomic E-state index is -2.85. The predicted molar refractivity (Wildman–Crippen MR) is 81.6 cm³/mol. The molecule has 1 saturated heterocycles. The Morgan fingerprint density at radius 2 is 2.17 bits per heavy atom. The lowest BCUT2D eigenvalue weighted by molar-refractivity contribution is -0.124. The number of alkyl halides is 2. The summed E-state index contributed by atoms with van der Waals surface area (Å²) < 4.78 is 38.7. The Balaban J connectivity index is 1.58. The molecule has 0 spiro atoms. The van der Waals surface area contributed by atoms with Gasteiger partial charge in [0.05, 0.1) is 25.3 Å². The van der Waals surface area contributed by atoms with Gasteiger partial charge in [0.2, 0.25) is 5.76 Å². The number of carbonyl (C=O) groups is 1. The van der Waals surface area contributed by atoms with Crippen molar-refractivity contribution in [3.8, 4) is 0 Å². The van der Waals surface area contributed by atoms with E-state index in [9.17, 15) is 13.6 Å². The van der Waals surface area contributed by atoms with Crippen LogP contribution in [0.15, 0.2) is 47.3 Å². The van der Waals surface area contributed by atoms with Crippen LogP contribution in [0.25, 0.3) is 0 Å². The van der Waals surface area contributed by atoms with Crippen LogP contribution in [0.3, 0.4) is 0 Å². The number of hydrogen-bond acceptors (Lipinski definition) is 4. The summed E-state index contributed by atoms with van der Waals surface area (Å²) in [5, 5.41) is 0. The topological polar surface area (TPSA) is 55.6 Å². The Morgan fingerprint density at radius 3 is 2.88 bits per heavy atom. The molecule has 5 nitrogen and oxygen atoms in total. The fraction of sp³-hybridized carbons (Fsp3) is 0.412. The second-order valence-electron chi connectivity index (χ2n) is 5.83. The Bertz CT molecular complexity index is 662. The van der Waals surface area contributed by atoms with Crippen LogP contribution >= 0.6 is 0 Å². The summed E-state index contributed by atoms with van der Waals surface area (Å²) in [4.78, 5) is 17.3. The standard InChI is InChI=1S/C17H18F2N2O3/c18-17(19)6-7-21(16(22)15-8-20-12-24-15)9-14(17)11-23-10-13-4-2-1-3-5-13/h1-5,8,12,14H,6-7,9-11H2. The number of amides is 1. The molecule has 0 aliphatic carbocycles. The first-order chi connectivity index (χ1) is 11.6. The van der Waals surface area contributed by atoms with Crippen LogP contribution in [0.2, 0.25) is 0 Å². The van der Waals surface area contributed by atoms with E-state index in [1.54, 1.807) is 0 Å². The molecule has 0 radical (unpaired) electrons. The number of rotatable bonds is 5. The number of halogens is 2. The molecule has 1 amide bonds. The molecule has 0 bridgehead atoms. The summed E-state index contributed by atoms with van der Waals surface area (Å²) >= 11 is 0. The lowest BCUT2D eigenvalue weighted by Crippen LogP contribution is -2.50. The Labute approximate surface area is 138 Å². The molecule has 1 aliphatic heterocycles. The molecule has 1 aromatic carbocycles. The molecule has 128 valence electrons. The van der Waals surface area contributed by atoms with Crippen molar-refractivity contribution in [2.45, 2.75) is 19.0 Å². The van der Waals surface area contributed by atoms with Crippen LogP contribution < -0.4 is 0 Å². The summed E-state index contributed by atoms with van der Waals surface area (Å²) in [6, 6.07) is 9.36. The zero-order valence-corrected chi connectivity index (χ0v) is 13.0. The van der Waals surface area contributed by atoms with E-state index in [0.717, 1.165) is 12.0 Å². The Kier molecular flexibility index (Phi) is 4.89. The summed E-state index contributed by atoms with van der Waals surface area (Å²) in [5.74, 6) is -4.25. The van der Waals surface area contributed by atoms with Crippen molar-refractivity contribution >= 4 is 5.91 Å². The highest BCUT2D eigenvalue weighted by Gasteiger charge is 2.45. The van der Waals surface area contributed by atoms with Crippen LogP contribution in [0.5, 0.6) is 0 Å². The van der Waals surface area contributed by atoms with Crippen LogP contribution in [-0.2, 0) is 11.3 Å². The van der Waals surface area contributed by atoms with Crippen molar-refractivity contribution < 1.29 is 22.7 Å². The van der Waals surface area contributed by atoms with E-state index in [-0.39, 0.29) is 38.5 Å². The molecule has 1 unspecified atom stereocenters. The van der Waals surface area contributed by atoms with Gasteiger partial charge in [-0.25, -0.2) is 13.8 Å². The van der Waals surface area contributed by atoms with Crippen molar-refractivity contribution in [3.63, 3.8) is 0 Å². The van der Waals surface area contributed by atoms with Gasteiger partial charge in [-0.15, -0.1) is 0 Å². The van der Waals surface area contributed by atoms with Gasteiger partial charge in [0.15, 0.2) is 6.39 Å². The monoisotopic (exact) mass is 336 g/mol. The van der Waals surface area contributed by atoms with E-state index in [1.807, 2.05) is 30.3 Å². The maximum Gasteiger partial charge on any atom is 0.291 e. The third-order valence-corrected chi connectivity index (χ3v) is 4.11. The lowest BCUT2D eigenvalue weighted by atomic mass is 9.94. The molecule has 1 fully saturated rings. The predicted octanol–water partition coefficient (Wildman–Crippen LogP) is 2.99. The van der Waals surface area contributed by atoms with E-state index in [1.165, 1.54) is 11.1 Å². The number of likely N-dealkylation sites (tertiary alicyclic amines) is 1. The molecule has 2 aromatic rings. The molecule has 2 heterocycles. The van der Waals surface area contributed by atoms with E-state index in [0.29, 0.717) is 0 Å². The van der Waals surface area contributed by atoms with E-state index in [4.69, 9.17) is 9.15 Å². The number of oxazole rings is 1.